The van der Waals surface area contributed by atoms with E-state index in [1.54, 1.807) is 25.3 Å². The monoisotopic (exact) mass is 502 g/mol. The minimum absolute atomic E-state index is 0.00508. The number of pyridine rings is 1. The second kappa shape index (κ2) is 10.6. The predicted octanol–water partition coefficient (Wildman–Crippen LogP) is 3.63. The van der Waals surface area contributed by atoms with Crippen LogP contribution in [0.2, 0.25) is 0 Å². The summed E-state index contributed by atoms with van der Waals surface area (Å²) < 4.78 is 0. The summed E-state index contributed by atoms with van der Waals surface area (Å²) in [6.45, 7) is 6.31. The number of carbonyl (C=O) groups is 1. The Labute approximate surface area is 220 Å². The summed E-state index contributed by atoms with van der Waals surface area (Å²) in [6, 6.07) is 17.1. The molecule has 0 aliphatic carbocycles. The smallest absolute Gasteiger partial charge is 0.272 e. The van der Waals surface area contributed by atoms with Crippen LogP contribution < -0.4 is 10.5 Å². The summed E-state index contributed by atoms with van der Waals surface area (Å²) in [5.74, 6) is 6.71. The highest BCUT2D eigenvalue weighted by Gasteiger charge is 2.28. The number of likely N-dealkylation sites (N-methyl/N-ethyl adjacent to an activating group) is 1. The number of aromatic nitrogens is 3. The molecule has 0 radical (unpaired) electrons. The molecule has 38 heavy (non-hydrogen) atoms. The molecule has 0 atom stereocenters. The van der Waals surface area contributed by atoms with Crippen LogP contribution in [0.3, 0.4) is 0 Å². The quantitative estimate of drug-likeness (QED) is 0.387. The van der Waals surface area contributed by atoms with Crippen molar-refractivity contribution in [3.63, 3.8) is 0 Å². The normalized spacial score (nSPS) is 12.1. The van der Waals surface area contributed by atoms with Crippen LogP contribution in [0.4, 0.5) is 5.82 Å². The molecule has 0 fully saturated rings. The van der Waals surface area contributed by atoms with E-state index in [9.17, 15) is 9.59 Å². The molecule has 5 rings (SSSR count). The summed E-state index contributed by atoms with van der Waals surface area (Å²) in [6.07, 6.45) is 2.04. The third kappa shape index (κ3) is 4.85. The van der Waals surface area contributed by atoms with Crippen molar-refractivity contribution in [1.29, 1.82) is 5.26 Å². The first-order chi connectivity index (χ1) is 18.5. The highest BCUT2D eigenvalue weighted by atomic mass is 16.2. The maximum atomic E-state index is 13.3. The van der Waals surface area contributed by atoms with Crippen LogP contribution in [0.5, 0.6) is 0 Å². The Balaban J connectivity index is 1.33. The van der Waals surface area contributed by atoms with E-state index in [1.165, 1.54) is 0 Å². The van der Waals surface area contributed by atoms with Crippen molar-refractivity contribution in [2.24, 2.45) is 0 Å². The van der Waals surface area contributed by atoms with Gasteiger partial charge in [-0.3, -0.25) is 9.59 Å². The first-order valence-electron chi connectivity index (χ1n) is 12.5. The fourth-order valence-electron chi connectivity index (χ4n) is 4.78. The first-order valence-corrected chi connectivity index (χ1v) is 12.5. The summed E-state index contributed by atoms with van der Waals surface area (Å²) in [7, 11) is 0. The van der Waals surface area contributed by atoms with Gasteiger partial charge in [0.15, 0.2) is 0 Å². The van der Waals surface area contributed by atoms with E-state index in [0.717, 1.165) is 40.1 Å². The third-order valence-corrected chi connectivity index (χ3v) is 6.78. The second-order valence-corrected chi connectivity index (χ2v) is 9.13. The van der Waals surface area contributed by atoms with Gasteiger partial charge in [-0.25, -0.2) is 10.1 Å². The number of carbonyl (C=O) groups excluding carboxylic acids is 1. The molecule has 4 aromatic rings. The number of nitrogens with zero attached hydrogens (tertiary/aromatic N) is 5. The Hall–Kier alpha value is -4.95. The molecular weight excluding hydrogens is 476 g/mol. The number of nitriles is 1. The summed E-state index contributed by atoms with van der Waals surface area (Å²) in [4.78, 5) is 33.9. The van der Waals surface area contributed by atoms with Crippen molar-refractivity contribution in [2.45, 2.75) is 26.8 Å². The Morgan fingerprint density at radius 2 is 1.92 bits per heavy atom. The van der Waals surface area contributed by atoms with Crippen LogP contribution in [0.25, 0.3) is 10.8 Å². The summed E-state index contributed by atoms with van der Waals surface area (Å²) >= 11 is 0. The van der Waals surface area contributed by atoms with Crippen molar-refractivity contribution in [1.82, 2.24) is 20.1 Å². The van der Waals surface area contributed by atoms with Gasteiger partial charge in [0.25, 0.3) is 11.5 Å². The predicted molar refractivity (Wildman–Crippen MR) is 146 cm³/mol. The average molecular weight is 503 g/mol. The Morgan fingerprint density at radius 1 is 1.08 bits per heavy atom. The van der Waals surface area contributed by atoms with E-state index in [4.69, 9.17) is 5.26 Å². The van der Waals surface area contributed by atoms with Gasteiger partial charge in [0.1, 0.15) is 11.9 Å². The van der Waals surface area contributed by atoms with E-state index >= 15 is 0 Å². The van der Waals surface area contributed by atoms with Gasteiger partial charge in [-0.2, -0.15) is 10.4 Å². The maximum absolute atomic E-state index is 13.3. The zero-order chi connectivity index (χ0) is 26.6. The maximum Gasteiger partial charge on any atom is 0.272 e. The van der Waals surface area contributed by atoms with Crippen molar-refractivity contribution in [2.75, 3.05) is 24.5 Å². The molecule has 0 unspecified atom stereocenters. The van der Waals surface area contributed by atoms with Crippen molar-refractivity contribution < 1.29 is 4.79 Å². The molecule has 0 bridgehead atoms. The van der Waals surface area contributed by atoms with Crippen LogP contribution in [0, 0.1) is 23.2 Å². The molecule has 2 aromatic carbocycles. The van der Waals surface area contributed by atoms with E-state index < -0.39 is 0 Å². The molecule has 2 aromatic heterocycles. The number of nitrogens with one attached hydrogen (secondary N) is 1. The van der Waals surface area contributed by atoms with Gasteiger partial charge in [0, 0.05) is 55.3 Å². The minimum atomic E-state index is -0.239. The molecule has 3 heterocycles. The number of fused-ring (bicyclic) bond motifs is 2. The van der Waals surface area contributed by atoms with Gasteiger partial charge < -0.3 is 9.80 Å². The highest BCUT2D eigenvalue weighted by molar-refractivity contribution is 5.98. The van der Waals surface area contributed by atoms with Crippen LogP contribution in [-0.4, -0.2) is 45.6 Å². The topological polar surface area (TPSA) is 106 Å². The van der Waals surface area contributed by atoms with Crippen LogP contribution >= 0.6 is 0 Å². The van der Waals surface area contributed by atoms with Crippen LogP contribution in [-0.2, 0) is 13.0 Å². The number of rotatable bonds is 7. The number of amides is 1. The Bertz CT molecular complexity index is 1690. The molecule has 1 amide bonds. The lowest BCUT2D eigenvalue weighted by Crippen LogP contribution is -2.35. The van der Waals surface area contributed by atoms with Gasteiger partial charge in [-0.1, -0.05) is 18.1 Å². The number of benzene rings is 2. The van der Waals surface area contributed by atoms with Crippen LogP contribution in [0.1, 0.15) is 52.2 Å². The SMILES string of the molecule is CC#Cc1ccc2c(=O)[nH]nc(Cc3ccc4c(c3)C(=O)N(CCN(CC)c3ccc(C#N)cn3)C4)c2c1. The standard InChI is InChI=1S/C30H26N6O2/c1-3-5-20-7-10-24-26(14-20)27(33-34-29(24)37)16-21-6-9-23-19-36(30(38)25(23)15-21)13-12-35(4-2)28-11-8-22(17-31)18-32-28/h6-11,14-15,18H,4,12-13,16,19H2,1-2H3,(H,34,37). The van der Waals surface area contributed by atoms with Gasteiger partial charge in [0.05, 0.1) is 16.6 Å². The Morgan fingerprint density at radius 3 is 2.66 bits per heavy atom. The Kier molecular flexibility index (Phi) is 6.88. The number of hydrogen-bond donors (Lipinski definition) is 1. The molecule has 1 aliphatic rings. The molecule has 0 spiro atoms. The molecule has 188 valence electrons. The van der Waals surface area contributed by atoms with Gasteiger partial charge in [-0.15, -0.1) is 5.92 Å². The fraction of sp³-hybridized carbons (Fsp3) is 0.233. The summed E-state index contributed by atoms with van der Waals surface area (Å²) in [5.41, 5.74) is 4.48. The number of anilines is 1. The minimum Gasteiger partial charge on any atom is -0.355 e. The lowest BCUT2D eigenvalue weighted by Gasteiger charge is -2.25. The third-order valence-electron chi connectivity index (χ3n) is 6.78. The van der Waals surface area contributed by atoms with Crippen molar-refractivity contribution >= 4 is 22.5 Å². The van der Waals surface area contributed by atoms with Gasteiger partial charge in [-0.05, 0) is 61.4 Å². The highest BCUT2D eigenvalue weighted by Crippen LogP contribution is 2.26. The lowest BCUT2D eigenvalue weighted by molar-refractivity contribution is 0.0782. The van der Waals surface area contributed by atoms with Crippen LogP contribution in [0.15, 0.2) is 59.5 Å². The van der Waals surface area contributed by atoms with Gasteiger partial charge in [0.2, 0.25) is 0 Å². The lowest BCUT2D eigenvalue weighted by atomic mass is 9.99. The average Bonchev–Trinajstić information content (AvgIpc) is 3.26. The molecule has 8 heteroatoms. The number of hydrogen-bond acceptors (Lipinski definition) is 6. The molecule has 0 saturated carbocycles. The fourth-order valence-corrected chi connectivity index (χ4v) is 4.78. The summed E-state index contributed by atoms with van der Waals surface area (Å²) in [5, 5.41) is 17.2. The van der Waals surface area contributed by atoms with E-state index in [2.05, 4.69) is 38.0 Å². The van der Waals surface area contributed by atoms with Crippen molar-refractivity contribution in [3.05, 3.63) is 98.6 Å². The molecule has 8 nitrogen and oxygen atoms in total. The first kappa shape index (κ1) is 24.7. The number of aromatic amines is 1. The van der Waals surface area contributed by atoms with E-state index in [1.807, 2.05) is 48.2 Å². The molecule has 1 aliphatic heterocycles. The molecule has 1 N–H and O–H groups in total. The molecular formula is C30H26N6O2. The van der Waals surface area contributed by atoms with E-state index in [0.29, 0.717) is 42.6 Å². The van der Waals surface area contributed by atoms with Crippen molar-refractivity contribution in [3.8, 4) is 17.9 Å². The number of H-pyrrole nitrogens is 1. The second-order valence-electron chi connectivity index (χ2n) is 9.13. The largest absolute Gasteiger partial charge is 0.355 e. The zero-order valence-electron chi connectivity index (χ0n) is 21.3. The molecule has 0 saturated heterocycles. The van der Waals surface area contributed by atoms with E-state index in [-0.39, 0.29) is 11.5 Å². The van der Waals surface area contributed by atoms with Gasteiger partial charge >= 0.3 is 0 Å². The zero-order valence-corrected chi connectivity index (χ0v) is 21.3.